The molecule has 30 heavy (non-hydrogen) atoms. The van der Waals surface area contributed by atoms with Gasteiger partial charge in [-0.2, -0.15) is 13.2 Å². The van der Waals surface area contributed by atoms with E-state index in [2.05, 4.69) is 10.3 Å². The summed E-state index contributed by atoms with van der Waals surface area (Å²) in [6.45, 7) is 4.77. The number of hydrogen-bond donors (Lipinski definition) is 1. The molecule has 1 N–H and O–H groups in total. The first-order chi connectivity index (χ1) is 13.9. The Balaban J connectivity index is 1.75. The Morgan fingerprint density at radius 3 is 2.40 bits per heavy atom. The van der Waals surface area contributed by atoms with Gasteiger partial charge in [0.2, 0.25) is 5.91 Å². The van der Waals surface area contributed by atoms with Crippen LogP contribution in [0.1, 0.15) is 43.6 Å². The second-order valence-electron chi connectivity index (χ2n) is 8.74. The van der Waals surface area contributed by atoms with Crippen molar-refractivity contribution in [2.75, 3.05) is 12.4 Å². The van der Waals surface area contributed by atoms with E-state index in [1.165, 1.54) is 30.4 Å². The number of anilines is 1. The summed E-state index contributed by atoms with van der Waals surface area (Å²) in [6, 6.07) is 6.71. The Kier molecular flexibility index (Phi) is 6.05. The molecule has 8 heteroatoms. The quantitative estimate of drug-likeness (QED) is 0.691. The van der Waals surface area contributed by atoms with Crippen molar-refractivity contribution < 1.29 is 18.0 Å². The van der Waals surface area contributed by atoms with Crippen molar-refractivity contribution in [3.63, 3.8) is 0 Å². The second-order valence-corrected chi connectivity index (χ2v) is 9.18. The first kappa shape index (κ1) is 22.4. The molecule has 0 radical (unpaired) electrons. The van der Waals surface area contributed by atoms with Crippen LogP contribution in [0.25, 0.3) is 0 Å². The SMILES string of the molecule is CN(C(=O)C(C)(C)C)C(c1ccc(NC2Cc3ccc(Cl)cc3C2)cn1)C(F)(F)F. The number of carbonyl (C=O) groups is 1. The van der Waals surface area contributed by atoms with E-state index in [9.17, 15) is 18.0 Å². The van der Waals surface area contributed by atoms with Crippen molar-refractivity contribution in [1.82, 2.24) is 9.88 Å². The van der Waals surface area contributed by atoms with Crippen molar-refractivity contribution in [3.8, 4) is 0 Å². The van der Waals surface area contributed by atoms with Gasteiger partial charge in [-0.1, -0.05) is 38.4 Å². The summed E-state index contributed by atoms with van der Waals surface area (Å²) in [5.41, 5.74) is 1.87. The van der Waals surface area contributed by atoms with E-state index in [1.807, 2.05) is 18.2 Å². The van der Waals surface area contributed by atoms with Gasteiger partial charge < -0.3 is 10.2 Å². The number of halogens is 4. The molecule has 3 rings (SSSR count). The monoisotopic (exact) mass is 439 g/mol. The molecule has 1 aromatic heterocycles. The fourth-order valence-electron chi connectivity index (χ4n) is 3.81. The van der Waals surface area contributed by atoms with Gasteiger partial charge in [-0.05, 0) is 48.2 Å². The molecule has 0 spiro atoms. The molecular formula is C22H25ClF3N3O. The van der Waals surface area contributed by atoms with Crippen molar-refractivity contribution in [2.45, 2.75) is 51.9 Å². The highest BCUT2D eigenvalue weighted by molar-refractivity contribution is 6.30. The lowest BCUT2D eigenvalue weighted by Crippen LogP contribution is -2.44. The molecule has 0 saturated heterocycles. The normalized spacial score (nSPS) is 17.4. The van der Waals surface area contributed by atoms with Crippen LogP contribution in [-0.2, 0) is 17.6 Å². The van der Waals surface area contributed by atoms with Gasteiger partial charge >= 0.3 is 6.18 Å². The van der Waals surface area contributed by atoms with Crippen LogP contribution in [0.4, 0.5) is 18.9 Å². The van der Waals surface area contributed by atoms with Crippen molar-refractivity contribution in [1.29, 1.82) is 0 Å². The summed E-state index contributed by atoms with van der Waals surface area (Å²) in [5, 5.41) is 4.01. The molecule has 2 aromatic rings. The Bertz CT molecular complexity index is 923. The molecule has 0 bridgehead atoms. The Hall–Kier alpha value is -2.28. The number of hydrogen-bond acceptors (Lipinski definition) is 3. The standard InChI is InChI=1S/C22H25ClF3N3O/c1-21(2,3)20(30)29(4)19(22(24,25)26)18-8-7-16(12-27-18)28-17-10-13-5-6-15(23)9-14(13)11-17/h5-9,12,17,19,28H,10-11H2,1-4H3. The lowest BCUT2D eigenvalue weighted by Gasteiger charge is -2.33. The first-order valence-electron chi connectivity index (χ1n) is 9.70. The van der Waals surface area contributed by atoms with Gasteiger partial charge in [0.05, 0.1) is 17.6 Å². The summed E-state index contributed by atoms with van der Waals surface area (Å²) in [5.74, 6) is -0.601. The zero-order valence-electron chi connectivity index (χ0n) is 17.3. The van der Waals surface area contributed by atoms with E-state index in [0.29, 0.717) is 10.7 Å². The van der Waals surface area contributed by atoms with Crippen LogP contribution in [-0.4, -0.2) is 35.1 Å². The summed E-state index contributed by atoms with van der Waals surface area (Å²) in [4.78, 5) is 17.2. The molecule has 0 fully saturated rings. The maximum atomic E-state index is 13.8. The number of benzene rings is 1. The number of nitrogens with zero attached hydrogens (tertiary/aromatic N) is 2. The van der Waals surface area contributed by atoms with E-state index in [4.69, 9.17) is 11.6 Å². The Morgan fingerprint density at radius 2 is 1.83 bits per heavy atom. The maximum Gasteiger partial charge on any atom is 0.414 e. The molecule has 1 amide bonds. The number of nitrogens with one attached hydrogen (secondary N) is 1. The number of amides is 1. The molecule has 1 aliphatic rings. The zero-order valence-corrected chi connectivity index (χ0v) is 18.1. The van der Waals surface area contributed by atoms with Crippen LogP contribution in [0.3, 0.4) is 0 Å². The highest BCUT2D eigenvalue weighted by Crippen LogP contribution is 2.38. The van der Waals surface area contributed by atoms with Crippen LogP contribution >= 0.6 is 11.6 Å². The third-order valence-electron chi connectivity index (χ3n) is 5.20. The molecule has 1 aliphatic carbocycles. The van der Waals surface area contributed by atoms with Crippen molar-refractivity contribution in [3.05, 3.63) is 58.4 Å². The number of alkyl halides is 3. The van der Waals surface area contributed by atoms with Crippen molar-refractivity contribution in [2.24, 2.45) is 5.41 Å². The lowest BCUT2D eigenvalue weighted by atomic mass is 9.93. The number of pyridine rings is 1. The van der Waals surface area contributed by atoms with Gasteiger partial charge in [-0.25, -0.2) is 0 Å². The van der Waals surface area contributed by atoms with E-state index in [-0.39, 0.29) is 11.7 Å². The fraction of sp³-hybridized carbons (Fsp3) is 0.455. The number of fused-ring (bicyclic) bond motifs is 1. The molecule has 162 valence electrons. The second kappa shape index (κ2) is 8.10. The van der Waals surface area contributed by atoms with Crippen LogP contribution in [0.15, 0.2) is 36.5 Å². The fourth-order valence-corrected chi connectivity index (χ4v) is 4.00. The maximum absolute atomic E-state index is 13.8. The average Bonchev–Trinajstić information content (AvgIpc) is 3.02. The molecule has 0 saturated carbocycles. The van der Waals surface area contributed by atoms with Crippen LogP contribution in [0.5, 0.6) is 0 Å². The highest BCUT2D eigenvalue weighted by atomic mass is 35.5. The van der Waals surface area contributed by atoms with Gasteiger partial charge in [0, 0.05) is 23.5 Å². The average molecular weight is 440 g/mol. The van der Waals surface area contributed by atoms with Crippen LogP contribution in [0.2, 0.25) is 5.02 Å². The molecule has 2 unspecified atom stereocenters. The molecule has 1 heterocycles. The Morgan fingerprint density at radius 1 is 1.17 bits per heavy atom. The zero-order chi connectivity index (χ0) is 22.3. The highest BCUT2D eigenvalue weighted by Gasteiger charge is 2.47. The predicted molar refractivity (Wildman–Crippen MR) is 112 cm³/mol. The van der Waals surface area contributed by atoms with Crippen molar-refractivity contribution >= 4 is 23.2 Å². The third kappa shape index (κ3) is 4.89. The minimum atomic E-state index is -4.63. The third-order valence-corrected chi connectivity index (χ3v) is 5.43. The number of carbonyl (C=O) groups excluding carboxylic acids is 1. The summed E-state index contributed by atoms with van der Waals surface area (Å²) < 4.78 is 41.3. The van der Waals surface area contributed by atoms with Crippen LogP contribution < -0.4 is 5.32 Å². The summed E-state index contributed by atoms with van der Waals surface area (Å²) >= 11 is 6.04. The van der Waals surface area contributed by atoms with Gasteiger partial charge in [0.1, 0.15) is 0 Å². The Labute approximate surface area is 179 Å². The minimum absolute atomic E-state index is 0.120. The van der Waals surface area contributed by atoms with E-state index in [1.54, 1.807) is 26.8 Å². The van der Waals surface area contributed by atoms with Gasteiger partial charge in [0.15, 0.2) is 6.04 Å². The van der Waals surface area contributed by atoms with E-state index >= 15 is 0 Å². The molecular weight excluding hydrogens is 415 g/mol. The number of aromatic nitrogens is 1. The lowest BCUT2D eigenvalue weighted by molar-refractivity contribution is -0.192. The molecule has 2 atom stereocenters. The molecule has 1 aromatic carbocycles. The van der Waals surface area contributed by atoms with Gasteiger partial charge in [0.25, 0.3) is 0 Å². The summed E-state index contributed by atoms with van der Waals surface area (Å²) in [6.07, 6.45) is -1.66. The van der Waals surface area contributed by atoms with Gasteiger partial charge in [-0.3, -0.25) is 9.78 Å². The summed E-state index contributed by atoms with van der Waals surface area (Å²) in [7, 11) is 1.17. The largest absolute Gasteiger partial charge is 0.414 e. The number of rotatable bonds is 4. The molecule has 0 aliphatic heterocycles. The van der Waals surface area contributed by atoms with Crippen LogP contribution in [0, 0.1) is 5.41 Å². The predicted octanol–water partition coefficient (Wildman–Crippen LogP) is 5.42. The van der Waals surface area contributed by atoms with E-state index in [0.717, 1.165) is 17.7 Å². The first-order valence-corrected chi connectivity index (χ1v) is 10.1. The smallest absolute Gasteiger partial charge is 0.380 e. The van der Waals surface area contributed by atoms with E-state index < -0.39 is 23.5 Å². The molecule has 4 nitrogen and oxygen atoms in total. The minimum Gasteiger partial charge on any atom is -0.380 e. The topological polar surface area (TPSA) is 45.2 Å². The van der Waals surface area contributed by atoms with Gasteiger partial charge in [-0.15, -0.1) is 0 Å².